The summed E-state index contributed by atoms with van der Waals surface area (Å²) in [5.74, 6) is 0.615. The highest BCUT2D eigenvalue weighted by atomic mass is 16.5. The average molecular weight is 500 g/mol. The monoisotopic (exact) mass is 499 g/mol. The lowest BCUT2D eigenvalue weighted by Gasteiger charge is -2.31. The van der Waals surface area contributed by atoms with Crippen molar-refractivity contribution >= 4 is 28.5 Å². The lowest BCUT2D eigenvalue weighted by atomic mass is 10.0. The van der Waals surface area contributed by atoms with Gasteiger partial charge in [0, 0.05) is 12.2 Å². The minimum atomic E-state index is -0.867. The highest BCUT2D eigenvalue weighted by Crippen LogP contribution is 2.30. The first-order chi connectivity index (χ1) is 18.0. The molecule has 0 saturated carbocycles. The van der Waals surface area contributed by atoms with Gasteiger partial charge in [-0.05, 0) is 61.2 Å². The van der Waals surface area contributed by atoms with E-state index in [0.717, 1.165) is 17.5 Å². The van der Waals surface area contributed by atoms with Crippen molar-refractivity contribution in [3.63, 3.8) is 0 Å². The third-order valence-electron chi connectivity index (χ3n) is 6.04. The number of ether oxygens (including phenoxy) is 1. The molecule has 0 unspecified atom stereocenters. The van der Waals surface area contributed by atoms with Crippen LogP contribution in [0.5, 0.6) is 5.75 Å². The molecule has 0 radical (unpaired) electrons. The third-order valence-corrected chi connectivity index (χ3v) is 6.04. The Kier molecular flexibility index (Phi) is 8.51. The largest absolute Gasteiger partial charge is 0.494 e. The van der Waals surface area contributed by atoms with Crippen molar-refractivity contribution < 1.29 is 14.3 Å². The molecule has 4 rings (SSSR count). The number of anilines is 1. The lowest BCUT2D eigenvalue weighted by Crippen LogP contribution is -2.45. The quantitative estimate of drug-likeness (QED) is 0.321. The normalized spacial score (nSPS) is 11.9. The van der Waals surface area contributed by atoms with Crippen LogP contribution in [0.2, 0.25) is 0 Å². The Balaban J connectivity index is 1.74. The van der Waals surface area contributed by atoms with E-state index >= 15 is 0 Å². The van der Waals surface area contributed by atoms with Crippen molar-refractivity contribution in [2.45, 2.75) is 39.8 Å². The Bertz CT molecular complexity index is 1320. The van der Waals surface area contributed by atoms with E-state index in [9.17, 15) is 9.59 Å². The number of hydrogen-bond acceptors (Lipinski definition) is 5. The molecule has 0 bridgehead atoms. The van der Waals surface area contributed by atoms with Gasteiger partial charge in [-0.2, -0.15) is 0 Å². The number of amides is 2. The van der Waals surface area contributed by atoms with Gasteiger partial charge in [0.15, 0.2) is 0 Å². The second-order valence-electron chi connectivity index (χ2n) is 9.21. The first-order valence-corrected chi connectivity index (χ1v) is 12.6. The zero-order chi connectivity index (χ0) is 26.2. The van der Waals surface area contributed by atoms with Crippen molar-refractivity contribution in [3.8, 4) is 5.75 Å². The number of rotatable bonds is 11. The summed E-state index contributed by atoms with van der Waals surface area (Å²) in [4.78, 5) is 29.2. The van der Waals surface area contributed by atoms with Gasteiger partial charge in [0.05, 0.1) is 12.1 Å². The Labute approximate surface area is 217 Å². The van der Waals surface area contributed by atoms with Gasteiger partial charge in [-0.15, -0.1) is 5.10 Å². The molecule has 1 aromatic heterocycles. The number of aromatic nitrogens is 3. The minimum Gasteiger partial charge on any atom is -0.494 e. The number of nitrogens with one attached hydrogen (secondary N) is 1. The summed E-state index contributed by atoms with van der Waals surface area (Å²) >= 11 is 0. The molecule has 2 amide bonds. The van der Waals surface area contributed by atoms with E-state index in [1.807, 2.05) is 73.7 Å². The molecule has 1 N–H and O–H groups in total. The van der Waals surface area contributed by atoms with E-state index < -0.39 is 6.04 Å². The fraction of sp³-hybridized carbons (Fsp3) is 0.310. The van der Waals surface area contributed by atoms with Crippen LogP contribution in [-0.2, 0) is 16.1 Å². The molecule has 0 spiro atoms. The van der Waals surface area contributed by atoms with E-state index in [4.69, 9.17) is 4.74 Å². The molecule has 1 heterocycles. The highest BCUT2D eigenvalue weighted by Gasteiger charge is 2.33. The molecule has 4 aromatic rings. The molecular weight excluding hydrogens is 466 g/mol. The van der Waals surface area contributed by atoms with Gasteiger partial charge in [0.1, 0.15) is 23.9 Å². The zero-order valence-corrected chi connectivity index (χ0v) is 21.5. The van der Waals surface area contributed by atoms with Gasteiger partial charge in [0.25, 0.3) is 0 Å². The standard InChI is InChI=1S/C29H33N5O3/c1-4-37-24-16-14-23(15-17-24)34(27(35)20-33-26-13-9-8-12-25(26)31-32-33)28(22-10-6-5-7-11-22)29(36)30-19-18-21(2)3/h5-17,21,28H,4,18-20H2,1-3H3,(H,30,36)/t28-/m1/s1. The molecule has 0 aliphatic heterocycles. The van der Waals surface area contributed by atoms with Crippen molar-refractivity contribution in [1.82, 2.24) is 20.3 Å². The van der Waals surface area contributed by atoms with Crippen LogP contribution in [0.1, 0.15) is 38.8 Å². The van der Waals surface area contributed by atoms with Crippen molar-refractivity contribution in [2.24, 2.45) is 5.92 Å². The summed E-state index contributed by atoms with van der Waals surface area (Å²) in [6.45, 7) is 7.12. The van der Waals surface area contributed by atoms with Gasteiger partial charge in [-0.25, -0.2) is 4.68 Å². The predicted molar refractivity (Wildman–Crippen MR) is 144 cm³/mol. The summed E-state index contributed by atoms with van der Waals surface area (Å²) in [5.41, 5.74) is 2.76. The maximum Gasteiger partial charge on any atom is 0.249 e. The Morgan fingerprint density at radius 3 is 2.38 bits per heavy atom. The second kappa shape index (κ2) is 12.2. The van der Waals surface area contributed by atoms with Gasteiger partial charge in [0.2, 0.25) is 11.8 Å². The molecule has 0 fully saturated rings. The van der Waals surface area contributed by atoms with Crippen molar-refractivity contribution in [3.05, 3.63) is 84.4 Å². The van der Waals surface area contributed by atoms with Crippen LogP contribution in [0.3, 0.4) is 0 Å². The van der Waals surface area contributed by atoms with Crippen LogP contribution in [0.4, 0.5) is 5.69 Å². The number of hydrogen-bond donors (Lipinski definition) is 1. The summed E-state index contributed by atoms with van der Waals surface area (Å²) < 4.78 is 7.16. The summed E-state index contributed by atoms with van der Waals surface area (Å²) in [5, 5.41) is 11.4. The molecule has 0 aliphatic rings. The Morgan fingerprint density at radius 1 is 0.973 bits per heavy atom. The van der Waals surface area contributed by atoms with E-state index in [2.05, 4.69) is 29.5 Å². The summed E-state index contributed by atoms with van der Waals surface area (Å²) in [6.07, 6.45) is 0.842. The van der Waals surface area contributed by atoms with Gasteiger partial charge < -0.3 is 10.1 Å². The van der Waals surface area contributed by atoms with Gasteiger partial charge >= 0.3 is 0 Å². The third kappa shape index (κ3) is 6.33. The lowest BCUT2D eigenvalue weighted by molar-refractivity contribution is -0.127. The van der Waals surface area contributed by atoms with Crippen molar-refractivity contribution in [2.75, 3.05) is 18.1 Å². The van der Waals surface area contributed by atoms with Gasteiger partial charge in [-0.1, -0.05) is 61.5 Å². The molecular formula is C29H33N5O3. The van der Waals surface area contributed by atoms with Crippen LogP contribution in [0, 0.1) is 5.92 Å². The van der Waals surface area contributed by atoms with Crippen LogP contribution in [0.15, 0.2) is 78.9 Å². The highest BCUT2D eigenvalue weighted by molar-refractivity contribution is 6.01. The van der Waals surface area contributed by atoms with Crippen LogP contribution in [0.25, 0.3) is 11.0 Å². The number of benzene rings is 3. The number of para-hydroxylation sites is 1. The molecule has 37 heavy (non-hydrogen) atoms. The van der Waals surface area contributed by atoms with Gasteiger partial charge in [-0.3, -0.25) is 14.5 Å². The molecule has 3 aromatic carbocycles. The summed E-state index contributed by atoms with van der Waals surface area (Å²) in [7, 11) is 0. The molecule has 0 saturated heterocycles. The smallest absolute Gasteiger partial charge is 0.249 e. The Hall–Kier alpha value is -4.20. The predicted octanol–water partition coefficient (Wildman–Crippen LogP) is 4.77. The molecule has 8 nitrogen and oxygen atoms in total. The Morgan fingerprint density at radius 2 is 1.68 bits per heavy atom. The first kappa shape index (κ1) is 25.9. The van der Waals surface area contributed by atoms with Crippen molar-refractivity contribution in [1.29, 1.82) is 0 Å². The number of carbonyl (C=O) groups is 2. The van der Waals surface area contributed by atoms with Crippen LogP contribution in [-0.4, -0.2) is 40.0 Å². The fourth-order valence-corrected chi connectivity index (χ4v) is 4.18. The fourth-order valence-electron chi connectivity index (χ4n) is 4.18. The molecule has 0 aliphatic carbocycles. The topological polar surface area (TPSA) is 89.3 Å². The molecule has 8 heteroatoms. The number of fused-ring (bicyclic) bond motifs is 1. The maximum absolute atomic E-state index is 14.0. The van der Waals surface area contributed by atoms with E-state index in [1.54, 1.807) is 21.7 Å². The number of carbonyl (C=O) groups excluding carboxylic acids is 2. The summed E-state index contributed by atoms with van der Waals surface area (Å²) in [6, 6.07) is 23.2. The molecule has 192 valence electrons. The van der Waals surface area contributed by atoms with E-state index in [1.165, 1.54) is 0 Å². The first-order valence-electron chi connectivity index (χ1n) is 12.6. The van der Waals surface area contributed by atoms with E-state index in [-0.39, 0.29) is 18.4 Å². The van der Waals surface area contributed by atoms with E-state index in [0.29, 0.717) is 36.0 Å². The minimum absolute atomic E-state index is 0.0731. The zero-order valence-electron chi connectivity index (χ0n) is 21.5. The maximum atomic E-state index is 14.0. The van der Waals surface area contributed by atoms with Crippen LogP contribution >= 0.6 is 0 Å². The number of nitrogens with zero attached hydrogens (tertiary/aromatic N) is 4. The SMILES string of the molecule is CCOc1ccc(N(C(=O)Cn2nnc3ccccc32)[C@@H](C(=O)NCCC(C)C)c2ccccc2)cc1. The second-order valence-corrected chi connectivity index (χ2v) is 9.21. The average Bonchev–Trinajstić information content (AvgIpc) is 3.31. The molecule has 1 atom stereocenters. The van der Waals surface area contributed by atoms with Crippen LogP contribution < -0.4 is 15.0 Å².